The van der Waals surface area contributed by atoms with Crippen LogP contribution in [-0.2, 0) is 0 Å². The Morgan fingerprint density at radius 2 is 1.80 bits per heavy atom. The Morgan fingerprint density at radius 1 is 1.07 bits per heavy atom. The zero-order chi connectivity index (χ0) is 10.5. The zero-order valence-electron chi connectivity index (χ0n) is 7.82. The van der Waals surface area contributed by atoms with E-state index in [0.29, 0.717) is 16.2 Å². The molecule has 5 nitrogen and oxygen atoms in total. The van der Waals surface area contributed by atoms with E-state index >= 15 is 0 Å². The first kappa shape index (κ1) is 9.26. The van der Waals surface area contributed by atoms with Crippen LogP contribution < -0.4 is 0 Å². The summed E-state index contributed by atoms with van der Waals surface area (Å²) in [6.45, 7) is 0. The fourth-order valence-corrected chi connectivity index (χ4v) is 1.04. The molecule has 0 fully saturated rings. The molecular formula is C10H8N4O. The van der Waals surface area contributed by atoms with Crippen LogP contribution in [0.1, 0.15) is 0 Å². The molecule has 2 rings (SSSR count). The lowest BCUT2D eigenvalue weighted by molar-refractivity contribution is -0.435. The normalized spacial score (nSPS) is 11.3. The van der Waals surface area contributed by atoms with Gasteiger partial charge in [0.1, 0.15) is 6.20 Å². The molecule has 0 N–H and O–H groups in total. The summed E-state index contributed by atoms with van der Waals surface area (Å²) < 4.78 is 0. The van der Waals surface area contributed by atoms with Gasteiger partial charge in [0.05, 0.1) is 6.20 Å². The van der Waals surface area contributed by atoms with Crippen molar-refractivity contribution in [2.75, 3.05) is 0 Å². The third kappa shape index (κ3) is 2.34. The van der Waals surface area contributed by atoms with Gasteiger partial charge in [-0.15, -0.1) is 0 Å². The number of pyridine rings is 2. The Balaban J connectivity index is 2.29. The van der Waals surface area contributed by atoms with Gasteiger partial charge in [0.25, 0.3) is 5.69 Å². The molecule has 0 amide bonds. The average molecular weight is 200 g/mol. The molecule has 74 valence electrons. The average Bonchev–Trinajstić information content (AvgIpc) is 2.31. The first-order valence-electron chi connectivity index (χ1n) is 4.35. The lowest BCUT2D eigenvalue weighted by atomic mass is 10.4. The molecule has 5 heteroatoms. The number of hydrogen-bond acceptors (Lipinski definition) is 4. The molecular weight excluding hydrogens is 192 g/mol. The number of azo groups is 1. The Hall–Kier alpha value is -2.30. The SMILES string of the molecule is [O-][N+](=Nc1cccnc1)c1cccnc1. The summed E-state index contributed by atoms with van der Waals surface area (Å²) in [5.41, 5.74) is 0.901. The molecule has 2 aromatic rings. The van der Waals surface area contributed by atoms with E-state index in [4.69, 9.17) is 0 Å². The second-order valence-corrected chi connectivity index (χ2v) is 2.80. The highest BCUT2D eigenvalue weighted by atomic mass is 16.5. The van der Waals surface area contributed by atoms with Crippen LogP contribution in [-0.4, -0.2) is 14.8 Å². The monoisotopic (exact) mass is 200 g/mol. The quantitative estimate of drug-likeness (QED) is 0.424. The highest BCUT2D eigenvalue weighted by molar-refractivity contribution is 5.31. The van der Waals surface area contributed by atoms with Crippen molar-refractivity contribution in [3.8, 4) is 0 Å². The number of nitrogens with zero attached hydrogens (tertiary/aromatic N) is 4. The molecule has 0 aromatic carbocycles. The minimum absolute atomic E-state index is 0.390. The van der Waals surface area contributed by atoms with Crippen LogP contribution in [0, 0.1) is 5.21 Å². The predicted molar refractivity (Wildman–Crippen MR) is 53.8 cm³/mol. The number of aromatic nitrogens is 2. The van der Waals surface area contributed by atoms with Gasteiger partial charge >= 0.3 is 0 Å². The molecule has 0 spiro atoms. The van der Waals surface area contributed by atoms with E-state index in [2.05, 4.69) is 15.1 Å². The molecule has 2 aromatic heterocycles. The third-order valence-electron chi connectivity index (χ3n) is 1.72. The molecule has 0 saturated heterocycles. The van der Waals surface area contributed by atoms with E-state index in [1.54, 1.807) is 36.7 Å². The van der Waals surface area contributed by atoms with Gasteiger partial charge in [-0.3, -0.25) is 9.97 Å². The summed E-state index contributed by atoms with van der Waals surface area (Å²) >= 11 is 0. The second-order valence-electron chi connectivity index (χ2n) is 2.80. The first-order valence-corrected chi connectivity index (χ1v) is 4.35. The maximum Gasteiger partial charge on any atom is 0.263 e. The number of rotatable bonds is 2. The van der Waals surface area contributed by atoms with E-state index in [9.17, 15) is 5.21 Å². The predicted octanol–water partition coefficient (Wildman–Crippen LogP) is 2.40. The lowest BCUT2D eigenvalue weighted by Gasteiger charge is -1.97. The van der Waals surface area contributed by atoms with Crippen molar-refractivity contribution in [2.45, 2.75) is 0 Å². The summed E-state index contributed by atoms with van der Waals surface area (Å²) in [5.74, 6) is 0. The molecule has 0 radical (unpaired) electrons. The van der Waals surface area contributed by atoms with Gasteiger partial charge in [-0.2, -0.15) is 0 Å². The summed E-state index contributed by atoms with van der Waals surface area (Å²) in [6, 6.07) is 6.74. The third-order valence-corrected chi connectivity index (χ3v) is 1.72. The maximum atomic E-state index is 11.5. The van der Waals surface area contributed by atoms with E-state index in [1.807, 2.05) is 0 Å². The number of hydrogen-bond donors (Lipinski definition) is 0. The molecule has 2 heterocycles. The van der Waals surface area contributed by atoms with Gasteiger partial charge in [0.2, 0.25) is 0 Å². The molecule has 0 aliphatic carbocycles. The molecule has 15 heavy (non-hydrogen) atoms. The van der Waals surface area contributed by atoms with Crippen LogP contribution in [0.2, 0.25) is 0 Å². The van der Waals surface area contributed by atoms with Gasteiger partial charge in [-0.05, 0) is 23.1 Å². The van der Waals surface area contributed by atoms with Gasteiger partial charge in [-0.1, -0.05) is 0 Å². The van der Waals surface area contributed by atoms with E-state index in [1.165, 1.54) is 12.4 Å². The van der Waals surface area contributed by atoms with E-state index in [0.717, 1.165) is 0 Å². The van der Waals surface area contributed by atoms with Crippen molar-refractivity contribution in [2.24, 2.45) is 5.11 Å². The van der Waals surface area contributed by atoms with Crippen LogP contribution in [0.15, 0.2) is 54.2 Å². The van der Waals surface area contributed by atoms with Crippen LogP contribution in [0.25, 0.3) is 0 Å². The van der Waals surface area contributed by atoms with Crippen molar-refractivity contribution in [3.05, 3.63) is 54.3 Å². The lowest BCUT2D eigenvalue weighted by Crippen LogP contribution is -1.90. The largest absolute Gasteiger partial charge is 0.594 e. The summed E-state index contributed by atoms with van der Waals surface area (Å²) in [4.78, 5) is 8.20. The van der Waals surface area contributed by atoms with Crippen molar-refractivity contribution in [1.82, 2.24) is 9.97 Å². The van der Waals surface area contributed by atoms with Gasteiger partial charge < -0.3 is 5.21 Å². The van der Waals surface area contributed by atoms with E-state index < -0.39 is 0 Å². The molecule has 0 unspecified atom stereocenters. The van der Waals surface area contributed by atoms with Crippen molar-refractivity contribution in [1.29, 1.82) is 0 Å². The zero-order valence-corrected chi connectivity index (χ0v) is 7.82. The van der Waals surface area contributed by atoms with Crippen LogP contribution in [0.4, 0.5) is 11.4 Å². The topological polar surface area (TPSA) is 64.2 Å². The Bertz CT molecular complexity index is 455. The van der Waals surface area contributed by atoms with Crippen LogP contribution in [0.5, 0.6) is 0 Å². The first-order chi connectivity index (χ1) is 7.36. The van der Waals surface area contributed by atoms with Gasteiger partial charge in [0, 0.05) is 23.6 Å². The minimum atomic E-state index is 0.390. The molecule has 0 bridgehead atoms. The van der Waals surface area contributed by atoms with Crippen molar-refractivity contribution in [3.63, 3.8) is 0 Å². The Morgan fingerprint density at radius 3 is 2.40 bits per heavy atom. The Labute approximate surface area is 86.3 Å². The van der Waals surface area contributed by atoms with Gasteiger partial charge in [-0.25, -0.2) is 0 Å². The molecule has 0 atom stereocenters. The minimum Gasteiger partial charge on any atom is -0.594 e. The highest BCUT2D eigenvalue weighted by Crippen LogP contribution is 2.14. The van der Waals surface area contributed by atoms with E-state index in [-0.39, 0.29) is 0 Å². The van der Waals surface area contributed by atoms with Crippen molar-refractivity contribution < 1.29 is 4.86 Å². The van der Waals surface area contributed by atoms with Gasteiger partial charge in [0.15, 0.2) is 5.69 Å². The van der Waals surface area contributed by atoms with Crippen LogP contribution in [0.3, 0.4) is 0 Å². The summed E-state index contributed by atoms with van der Waals surface area (Å²) in [6.07, 6.45) is 6.19. The smallest absolute Gasteiger partial charge is 0.263 e. The standard InChI is InChI=1S/C10H8N4O/c15-14(10-4-2-6-12-8-10)13-9-3-1-5-11-7-9/h1-8H. The Kier molecular flexibility index (Phi) is 2.64. The molecule has 0 saturated carbocycles. The summed E-state index contributed by atoms with van der Waals surface area (Å²) in [7, 11) is 0. The highest BCUT2D eigenvalue weighted by Gasteiger charge is 2.02. The van der Waals surface area contributed by atoms with Crippen LogP contribution >= 0.6 is 0 Å². The molecule has 0 aliphatic rings. The van der Waals surface area contributed by atoms with Crippen molar-refractivity contribution >= 4 is 11.4 Å². The second kappa shape index (κ2) is 4.28. The fourth-order valence-electron chi connectivity index (χ4n) is 1.04. The summed E-state index contributed by atoms with van der Waals surface area (Å²) in [5, 5.41) is 15.3. The fraction of sp³-hybridized carbons (Fsp3) is 0. The molecule has 0 aliphatic heterocycles. The maximum absolute atomic E-state index is 11.5.